The Labute approximate surface area is 269 Å². The van der Waals surface area contributed by atoms with Crippen LogP contribution in [0, 0.1) is 5.82 Å². The van der Waals surface area contributed by atoms with Crippen LogP contribution in [0.2, 0.25) is 0 Å². The number of rotatable bonds is 1. The highest BCUT2D eigenvalue weighted by Gasteiger charge is 2.50. The zero-order valence-corrected chi connectivity index (χ0v) is 26.4. The van der Waals surface area contributed by atoms with Gasteiger partial charge in [0.05, 0.1) is 11.4 Å². The second-order valence-corrected chi connectivity index (χ2v) is 14.3. The summed E-state index contributed by atoms with van der Waals surface area (Å²) in [4.78, 5) is 4.97. The van der Waals surface area contributed by atoms with Crippen LogP contribution in [0.1, 0.15) is 49.9 Å². The monoisotopic (exact) mass is 594 g/mol. The number of benzene rings is 6. The number of hydrogen-bond donors (Lipinski definition) is 0. The number of fused-ring (bicyclic) bond motifs is 8. The van der Waals surface area contributed by atoms with Gasteiger partial charge in [-0.05, 0) is 74.5 Å². The second-order valence-electron chi connectivity index (χ2n) is 14.3. The second kappa shape index (κ2) is 8.58. The summed E-state index contributed by atoms with van der Waals surface area (Å²) in [6.07, 6.45) is 0. The molecule has 0 saturated heterocycles. The van der Waals surface area contributed by atoms with Crippen molar-refractivity contribution in [3.05, 3.63) is 149 Å². The van der Waals surface area contributed by atoms with Gasteiger partial charge >= 0.3 is 0 Å². The van der Waals surface area contributed by atoms with Crippen LogP contribution >= 0.6 is 0 Å². The zero-order chi connectivity index (χ0) is 31.1. The van der Waals surface area contributed by atoms with Crippen LogP contribution < -0.4 is 26.2 Å². The van der Waals surface area contributed by atoms with E-state index in [0.29, 0.717) is 5.56 Å². The van der Waals surface area contributed by atoms with Crippen molar-refractivity contribution in [3.63, 3.8) is 0 Å². The lowest BCUT2D eigenvalue weighted by Crippen LogP contribution is -2.63. The quantitative estimate of drug-likeness (QED) is 0.175. The minimum Gasteiger partial charge on any atom is -0.311 e. The fraction of sp³-hybridized carbons (Fsp3) is 0.143. The molecule has 0 unspecified atom stereocenters. The van der Waals surface area contributed by atoms with Crippen molar-refractivity contribution >= 4 is 57.2 Å². The molecule has 0 bridgehead atoms. The van der Waals surface area contributed by atoms with Crippen LogP contribution in [0.3, 0.4) is 0 Å². The maximum Gasteiger partial charge on any atom is 0.252 e. The zero-order valence-electron chi connectivity index (χ0n) is 26.4. The number of halogens is 1. The predicted molar refractivity (Wildman–Crippen MR) is 190 cm³/mol. The summed E-state index contributed by atoms with van der Waals surface area (Å²) in [6.45, 7) is 9.44. The Morgan fingerprint density at radius 3 is 1.48 bits per heavy atom. The summed E-state index contributed by atoms with van der Waals surface area (Å²) in [5, 5.41) is 0. The molecular weight excluding hydrogens is 562 g/mol. The lowest BCUT2D eigenvalue weighted by molar-refractivity contribution is 0.631. The highest BCUT2D eigenvalue weighted by molar-refractivity contribution is 7.00. The van der Waals surface area contributed by atoms with E-state index in [1.54, 1.807) is 12.1 Å². The first-order valence-corrected chi connectivity index (χ1v) is 16.3. The minimum absolute atomic E-state index is 0.0409. The molecule has 0 radical (unpaired) electrons. The maximum atomic E-state index is 15.7. The molecule has 0 spiro atoms. The van der Waals surface area contributed by atoms with E-state index in [1.165, 1.54) is 61.4 Å². The minimum atomic E-state index is -0.208. The number of anilines is 6. The van der Waals surface area contributed by atoms with Crippen LogP contribution in [0.15, 0.2) is 121 Å². The molecule has 10 rings (SSSR count). The maximum absolute atomic E-state index is 15.7. The summed E-state index contributed by atoms with van der Waals surface area (Å²) in [6, 6.07) is 43.1. The van der Waals surface area contributed by atoms with Gasteiger partial charge in [0.1, 0.15) is 5.82 Å². The molecule has 2 nitrogen and oxygen atoms in total. The molecule has 4 heterocycles. The molecule has 6 aromatic rings. The lowest BCUT2D eigenvalue weighted by atomic mass is 9.32. The summed E-state index contributed by atoms with van der Waals surface area (Å²) in [7, 11) is 0. The van der Waals surface area contributed by atoms with E-state index in [9.17, 15) is 0 Å². The third-order valence-electron chi connectivity index (χ3n) is 11.3. The number of nitrogens with zero attached hydrogens (tertiary/aromatic N) is 2. The summed E-state index contributed by atoms with van der Waals surface area (Å²) < 4.78 is 15.7. The van der Waals surface area contributed by atoms with E-state index in [4.69, 9.17) is 0 Å². The van der Waals surface area contributed by atoms with E-state index < -0.39 is 0 Å². The van der Waals surface area contributed by atoms with E-state index in [1.807, 2.05) is 12.1 Å². The van der Waals surface area contributed by atoms with E-state index in [0.717, 1.165) is 16.9 Å². The van der Waals surface area contributed by atoms with Crippen LogP contribution in [-0.2, 0) is 10.8 Å². The van der Waals surface area contributed by atoms with E-state index in [2.05, 4.69) is 135 Å². The smallest absolute Gasteiger partial charge is 0.252 e. The normalized spacial score (nSPS) is 16.6. The van der Waals surface area contributed by atoms with Crippen LogP contribution in [0.5, 0.6) is 0 Å². The van der Waals surface area contributed by atoms with Crippen molar-refractivity contribution in [2.75, 3.05) is 9.80 Å². The molecule has 4 aliphatic rings. The Kier molecular flexibility index (Phi) is 4.88. The fourth-order valence-corrected chi connectivity index (χ4v) is 9.14. The van der Waals surface area contributed by atoms with Gasteiger partial charge in [0.15, 0.2) is 0 Å². The van der Waals surface area contributed by atoms with Crippen LogP contribution in [0.4, 0.5) is 38.5 Å². The summed E-state index contributed by atoms with van der Waals surface area (Å²) >= 11 is 0. The molecular formula is C42H32BFN2. The number of para-hydroxylation sites is 4. The fourth-order valence-electron chi connectivity index (χ4n) is 9.14. The molecule has 4 heteroatoms. The van der Waals surface area contributed by atoms with Crippen molar-refractivity contribution in [2.24, 2.45) is 0 Å². The molecule has 6 aromatic carbocycles. The third kappa shape index (κ3) is 3.03. The van der Waals surface area contributed by atoms with E-state index in [-0.39, 0.29) is 23.4 Å². The van der Waals surface area contributed by atoms with Crippen molar-refractivity contribution in [3.8, 4) is 11.1 Å². The topological polar surface area (TPSA) is 6.48 Å². The molecule has 0 aromatic heterocycles. The largest absolute Gasteiger partial charge is 0.311 e. The van der Waals surface area contributed by atoms with Gasteiger partial charge < -0.3 is 9.80 Å². The summed E-state index contributed by atoms with van der Waals surface area (Å²) in [5.74, 6) is -0.208. The average molecular weight is 595 g/mol. The Bertz CT molecular complexity index is 2180. The van der Waals surface area contributed by atoms with Gasteiger partial charge in [-0.15, -0.1) is 0 Å². The van der Waals surface area contributed by atoms with Crippen molar-refractivity contribution in [2.45, 2.75) is 38.5 Å². The highest BCUT2D eigenvalue weighted by Crippen LogP contribution is 2.57. The van der Waals surface area contributed by atoms with Gasteiger partial charge in [-0.3, -0.25) is 0 Å². The highest BCUT2D eigenvalue weighted by atomic mass is 19.1. The Hall–Kier alpha value is -5.09. The lowest BCUT2D eigenvalue weighted by Gasteiger charge is -2.52. The van der Waals surface area contributed by atoms with Gasteiger partial charge in [-0.2, -0.15) is 0 Å². The van der Waals surface area contributed by atoms with Gasteiger partial charge in [0.2, 0.25) is 0 Å². The first kappa shape index (κ1) is 26.2. The number of hydrogen-bond acceptors (Lipinski definition) is 2. The molecule has 0 amide bonds. The van der Waals surface area contributed by atoms with Gasteiger partial charge in [0, 0.05) is 39.1 Å². The van der Waals surface area contributed by atoms with E-state index >= 15 is 4.39 Å². The molecule has 0 atom stereocenters. The van der Waals surface area contributed by atoms with Gasteiger partial charge in [-0.1, -0.05) is 119 Å². The molecule has 46 heavy (non-hydrogen) atoms. The molecule has 220 valence electrons. The first-order chi connectivity index (χ1) is 22.3. The van der Waals surface area contributed by atoms with Crippen LogP contribution in [0.25, 0.3) is 11.1 Å². The molecule has 4 aliphatic heterocycles. The third-order valence-corrected chi connectivity index (χ3v) is 11.3. The Morgan fingerprint density at radius 2 is 0.957 bits per heavy atom. The molecule has 0 aliphatic carbocycles. The molecule has 0 N–H and O–H groups in total. The molecule has 0 saturated carbocycles. The van der Waals surface area contributed by atoms with Crippen molar-refractivity contribution < 1.29 is 4.39 Å². The van der Waals surface area contributed by atoms with Crippen molar-refractivity contribution in [1.29, 1.82) is 0 Å². The van der Waals surface area contributed by atoms with Gasteiger partial charge in [0.25, 0.3) is 6.71 Å². The standard InChI is InChI=1S/C42H32BFN2/c1-41(2)27-14-6-9-21-34(27)45-36-23-25(26-13-5-8-20-33(26)44)24-37-38(36)43(31-18-11-16-29(41)39(31)45)32-19-12-17-30-40(32)46(37)35-22-10-7-15-28(35)42(30,3)4/h5-24H,1-4H3. The average Bonchev–Trinajstić information content (AvgIpc) is 3.07. The first-order valence-electron chi connectivity index (χ1n) is 16.3. The SMILES string of the molecule is CC1(C)c2ccccc2N2c3cc(-c4ccccc4F)cc4c3B(c3cccc1c32)c1cccc2c1N4c1ccccc1C2(C)C. The Balaban J connectivity index is 1.40. The Morgan fingerprint density at radius 1 is 0.500 bits per heavy atom. The van der Waals surface area contributed by atoms with Gasteiger partial charge in [-0.25, -0.2) is 4.39 Å². The van der Waals surface area contributed by atoms with Crippen molar-refractivity contribution in [1.82, 2.24) is 0 Å². The summed E-state index contributed by atoms with van der Waals surface area (Å²) in [5.41, 5.74) is 17.5. The molecule has 0 fully saturated rings. The predicted octanol–water partition coefficient (Wildman–Crippen LogP) is 8.85. The van der Waals surface area contributed by atoms with Crippen LogP contribution in [-0.4, -0.2) is 6.71 Å².